The van der Waals surface area contributed by atoms with Crippen LogP contribution in [0.15, 0.2) is 33.6 Å². The second-order valence-corrected chi connectivity index (χ2v) is 5.37. The van der Waals surface area contributed by atoms with Gasteiger partial charge >= 0.3 is 5.97 Å². The third kappa shape index (κ3) is 5.52. The molecule has 18 heavy (non-hydrogen) atoms. The van der Waals surface area contributed by atoms with Crippen molar-refractivity contribution in [3.8, 4) is 0 Å². The van der Waals surface area contributed by atoms with Crippen molar-refractivity contribution < 1.29 is 19.8 Å². The summed E-state index contributed by atoms with van der Waals surface area (Å²) in [7, 11) is 0. The molecular weight excluding hydrogens is 322 g/mol. The molecule has 1 aromatic carbocycles. The van der Waals surface area contributed by atoms with E-state index in [4.69, 9.17) is 10.2 Å². The summed E-state index contributed by atoms with van der Waals surface area (Å²) in [4.78, 5) is 22.6. The quantitative estimate of drug-likeness (QED) is 0.679. The molecule has 0 fully saturated rings. The largest absolute Gasteiger partial charge is 0.479 e. The number of hydrogen-bond donors (Lipinski definition) is 3. The number of hydrogen-bond acceptors (Lipinski definition) is 4. The molecular formula is C11H12BrNO4S. The molecule has 0 aliphatic rings. The van der Waals surface area contributed by atoms with Gasteiger partial charge in [-0.25, -0.2) is 4.79 Å². The van der Waals surface area contributed by atoms with Gasteiger partial charge in [0.25, 0.3) is 0 Å². The van der Waals surface area contributed by atoms with Crippen molar-refractivity contribution in [1.82, 2.24) is 5.32 Å². The van der Waals surface area contributed by atoms with Crippen LogP contribution >= 0.6 is 27.7 Å². The molecule has 0 aromatic heterocycles. The van der Waals surface area contributed by atoms with E-state index in [0.29, 0.717) is 0 Å². The highest BCUT2D eigenvalue weighted by Gasteiger charge is 2.13. The highest BCUT2D eigenvalue weighted by Crippen LogP contribution is 2.20. The number of benzene rings is 1. The highest BCUT2D eigenvalue weighted by atomic mass is 79.9. The molecule has 1 rings (SSSR count). The summed E-state index contributed by atoms with van der Waals surface area (Å²) in [6, 6.07) is 7.48. The van der Waals surface area contributed by atoms with Gasteiger partial charge in [0.05, 0.1) is 12.3 Å². The maximum absolute atomic E-state index is 11.4. The molecule has 0 heterocycles. The van der Waals surface area contributed by atoms with Crippen molar-refractivity contribution in [2.75, 3.05) is 12.3 Å². The molecule has 7 heteroatoms. The normalized spacial score (nSPS) is 11.9. The fourth-order valence-electron chi connectivity index (χ4n) is 1.03. The lowest BCUT2D eigenvalue weighted by molar-refractivity contribution is -0.146. The zero-order chi connectivity index (χ0) is 13.5. The van der Waals surface area contributed by atoms with Gasteiger partial charge in [0.15, 0.2) is 6.10 Å². The minimum absolute atomic E-state index is 0.175. The van der Waals surface area contributed by atoms with Crippen LogP contribution in [-0.2, 0) is 9.59 Å². The van der Waals surface area contributed by atoms with Gasteiger partial charge < -0.3 is 15.5 Å². The third-order valence-electron chi connectivity index (χ3n) is 1.96. The van der Waals surface area contributed by atoms with E-state index in [-0.39, 0.29) is 18.2 Å². The number of nitrogens with one attached hydrogen (secondary N) is 1. The minimum Gasteiger partial charge on any atom is -0.479 e. The van der Waals surface area contributed by atoms with Crippen molar-refractivity contribution in [2.45, 2.75) is 11.0 Å². The predicted octanol–water partition coefficient (Wildman–Crippen LogP) is 1.10. The maximum Gasteiger partial charge on any atom is 0.334 e. The number of carbonyl (C=O) groups is 2. The van der Waals surface area contributed by atoms with Crippen LogP contribution in [0.1, 0.15) is 0 Å². The van der Waals surface area contributed by atoms with Gasteiger partial charge in [0, 0.05) is 9.37 Å². The second kappa shape index (κ2) is 7.40. The topological polar surface area (TPSA) is 86.6 Å². The number of aliphatic carboxylic acids is 1. The Labute approximate surface area is 117 Å². The molecule has 98 valence electrons. The number of aliphatic hydroxyl groups excluding tert-OH is 1. The molecule has 1 atom stereocenters. The Morgan fingerprint density at radius 2 is 1.94 bits per heavy atom. The summed E-state index contributed by atoms with van der Waals surface area (Å²) in [5, 5.41) is 19.7. The number of thioether (sulfide) groups is 1. The van der Waals surface area contributed by atoms with Crippen LogP contribution in [0.25, 0.3) is 0 Å². The molecule has 3 N–H and O–H groups in total. The number of carbonyl (C=O) groups excluding carboxylic acids is 1. The Hall–Kier alpha value is -1.05. The van der Waals surface area contributed by atoms with E-state index in [9.17, 15) is 9.59 Å². The molecule has 5 nitrogen and oxygen atoms in total. The van der Waals surface area contributed by atoms with Crippen LogP contribution in [0.4, 0.5) is 0 Å². The van der Waals surface area contributed by atoms with Crippen molar-refractivity contribution in [2.24, 2.45) is 0 Å². The first-order valence-electron chi connectivity index (χ1n) is 5.05. The molecule has 0 saturated heterocycles. The number of amides is 1. The highest BCUT2D eigenvalue weighted by molar-refractivity contribution is 9.10. The average molecular weight is 334 g/mol. The molecule has 0 spiro atoms. The van der Waals surface area contributed by atoms with Crippen LogP contribution in [0.5, 0.6) is 0 Å². The van der Waals surface area contributed by atoms with Gasteiger partial charge in [-0.2, -0.15) is 0 Å². The SMILES string of the molecule is O=C(CSc1ccc(Br)cc1)NC[C@H](O)C(=O)O. The molecule has 0 aliphatic heterocycles. The number of rotatable bonds is 6. The van der Waals surface area contributed by atoms with Gasteiger partial charge in [0.1, 0.15) is 0 Å². The first kappa shape index (κ1) is 15.0. The fourth-order valence-corrected chi connectivity index (χ4v) is 2.02. The summed E-state index contributed by atoms with van der Waals surface area (Å²) >= 11 is 4.64. The van der Waals surface area contributed by atoms with Gasteiger partial charge in [0.2, 0.25) is 5.91 Å². The zero-order valence-electron chi connectivity index (χ0n) is 9.30. The van der Waals surface area contributed by atoms with E-state index in [2.05, 4.69) is 21.2 Å². The van der Waals surface area contributed by atoms with Crippen molar-refractivity contribution >= 4 is 39.6 Å². The van der Waals surface area contributed by atoms with Gasteiger partial charge in [-0.3, -0.25) is 4.79 Å². The Morgan fingerprint density at radius 3 is 2.50 bits per heavy atom. The fraction of sp³-hybridized carbons (Fsp3) is 0.273. The molecule has 1 aromatic rings. The van der Waals surface area contributed by atoms with Crippen LogP contribution < -0.4 is 5.32 Å². The average Bonchev–Trinajstić information content (AvgIpc) is 2.35. The van der Waals surface area contributed by atoms with Crippen LogP contribution in [0.2, 0.25) is 0 Å². The molecule has 0 radical (unpaired) electrons. The number of halogens is 1. The first-order valence-corrected chi connectivity index (χ1v) is 6.83. The smallest absolute Gasteiger partial charge is 0.334 e. The van der Waals surface area contributed by atoms with Gasteiger partial charge in [-0.15, -0.1) is 11.8 Å². The lowest BCUT2D eigenvalue weighted by Crippen LogP contribution is -2.37. The third-order valence-corrected chi connectivity index (χ3v) is 3.50. The summed E-state index contributed by atoms with van der Waals surface area (Å²) in [6.07, 6.45) is -1.56. The van der Waals surface area contributed by atoms with Crippen LogP contribution in [0, 0.1) is 0 Å². The van der Waals surface area contributed by atoms with Crippen LogP contribution in [-0.4, -0.2) is 40.5 Å². The summed E-state index contributed by atoms with van der Waals surface area (Å²) in [5.41, 5.74) is 0. The van der Waals surface area contributed by atoms with E-state index in [1.165, 1.54) is 11.8 Å². The summed E-state index contributed by atoms with van der Waals surface area (Å²) < 4.78 is 0.959. The monoisotopic (exact) mass is 333 g/mol. The minimum atomic E-state index is -1.56. The zero-order valence-corrected chi connectivity index (χ0v) is 11.7. The van der Waals surface area contributed by atoms with Crippen molar-refractivity contribution in [3.05, 3.63) is 28.7 Å². The maximum atomic E-state index is 11.4. The number of carboxylic acids is 1. The Morgan fingerprint density at radius 1 is 1.33 bits per heavy atom. The van der Waals surface area contributed by atoms with Gasteiger partial charge in [-0.1, -0.05) is 15.9 Å². The Balaban J connectivity index is 2.29. The number of aliphatic hydroxyl groups is 1. The van der Waals surface area contributed by atoms with E-state index in [1.54, 1.807) is 0 Å². The summed E-state index contributed by atoms with van der Waals surface area (Å²) in [6.45, 7) is -0.283. The van der Waals surface area contributed by atoms with E-state index in [1.807, 2.05) is 24.3 Å². The van der Waals surface area contributed by atoms with E-state index < -0.39 is 12.1 Å². The molecule has 0 unspecified atom stereocenters. The standard InChI is InChI=1S/C11H12BrNO4S/c12-7-1-3-8(4-2-7)18-6-10(15)13-5-9(14)11(16)17/h1-4,9,14H,5-6H2,(H,13,15)(H,16,17)/t9-/m0/s1. The number of carboxylic acid groups (broad SMARTS) is 1. The lowest BCUT2D eigenvalue weighted by atomic mass is 10.3. The van der Waals surface area contributed by atoms with Crippen LogP contribution in [0.3, 0.4) is 0 Å². The molecule has 1 amide bonds. The van der Waals surface area contributed by atoms with E-state index in [0.717, 1.165) is 9.37 Å². The molecule has 0 bridgehead atoms. The predicted molar refractivity (Wildman–Crippen MR) is 71.5 cm³/mol. The van der Waals surface area contributed by atoms with Gasteiger partial charge in [-0.05, 0) is 24.3 Å². The second-order valence-electron chi connectivity index (χ2n) is 3.40. The Kier molecular flexibility index (Phi) is 6.17. The van der Waals surface area contributed by atoms with Crippen molar-refractivity contribution in [1.29, 1.82) is 0 Å². The van der Waals surface area contributed by atoms with Crippen molar-refractivity contribution in [3.63, 3.8) is 0 Å². The molecule has 0 saturated carbocycles. The summed E-state index contributed by atoms with van der Waals surface area (Å²) in [5.74, 6) is -1.49. The molecule has 0 aliphatic carbocycles. The lowest BCUT2D eigenvalue weighted by Gasteiger charge is -2.07. The first-order chi connectivity index (χ1) is 8.49. The Bertz CT molecular complexity index is 424. The van der Waals surface area contributed by atoms with E-state index >= 15 is 0 Å².